The zero-order valence-corrected chi connectivity index (χ0v) is 30.3. The number of hydrogen-bond acceptors (Lipinski definition) is 13. The third-order valence-electron chi connectivity index (χ3n) is 8.63. The van der Waals surface area contributed by atoms with Crippen molar-refractivity contribution in [3.8, 4) is 12.0 Å². The fraction of sp³-hybridized carbons (Fsp3) is 0.333. The highest BCUT2D eigenvalue weighted by molar-refractivity contribution is 5.90. The van der Waals surface area contributed by atoms with Crippen LogP contribution in [0.15, 0.2) is 77.6 Å². The van der Waals surface area contributed by atoms with E-state index in [9.17, 15) is 19.7 Å². The number of imidazole rings is 1. The van der Waals surface area contributed by atoms with Crippen LogP contribution in [0, 0.1) is 10.1 Å². The first-order valence-electron chi connectivity index (χ1n) is 19.9. The molecular formula is C39H50N10O7. The number of nitrogen functional groups attached to an aromatic ring is 2. The Morgan fingerprint density at radius 1 is 0.893 bits per heavy atom. The number of rotatable bonds is 2. The van der Waals surface area contributed by atoms with Gasteiger partial charge in [-0.2, -0.15) is 19.9 Å². The van der Waals surface area contributed by atoms with Gasteiger partial charge in [0.1, 0.15) is 5.52 Å². The van der Waals surface area contributed by atoms with Crippen molar-refractivity contribution in [3.05, 3.63) is 116 Å². The normalized spacial score (nSPS) is 15.7. The molecule has 298 valence electrons. The van der Waals surface area contributed by atoms with Gasteiger partial charge < -0.3 is 30.7 Å². The molecule has 7 rings (SSSR count). The average molecular weight is 775 g/mol. The first-order valence-corrected chi connectivity index (χ1v) is 17.9. The van der Waals surface area contributed by atoms with E-state index in [-0.39, 0.29) is 55.7 Å². The number of carbonyl (C=O) groups excluding carboxylic acids is 1. The van der Waals surface area contributed by atoms with Crippen LogP contribution in [0.5, 0.6) is 12.0 Å². The number of nitro groups is 1. The van der Waals surface area contributed by atoms with Gasteiger partial charge in [0.25, 0.3) is 0 Å². The molecule has 0 fully saturated rings. The van der Waals surface area contributed by atoms with E-state index in [0.29, 0.717) is 37.3 Å². The molecule has 2 aliphatic heterocycles. The fourth-order valence-corrected chi connectivity index (χ4v) is 6.02. The number of anilines is 3. The molecule has 0 unspecified atom stereocenters. The lowest BCUT2D eigenvalue weighted by molar-refractivity contribution is -0.383. The number of carbonyl (C=O) groups is 1. The summed E-state index contributed by atoms with van der Waals surface area (Å²) >= 11 is 0. The number of amides is 1. The fourth-order valence-electron chi connectivity index (χ4n) is 6.02. The Morgan fingerprint density at radius 3 is 2.07 bits per heavy atom. The van der Waals surface area contributed by atoms with E-state index in [2.05, 4.69) is 61.4 Å². The van der Waals surface area contributed by atoms with Gasteiger partial charge in [-0.15, -0.1) is 0 Å². The minimum absolute atomic E-state index is 0. The van der Waals surface area contributed by atoms with Gasteiger partial charge in [-0.3, -0.25) is 19.6 Å². The number of benzene rings is 2. The van der Waals surface area contributed by atoms with E-state index < -0.39 is 16.7 Å². The minimum Gasteiger partial charge on any atom is -0.463 e. The first kappa shape index (κ1) is 37.5. The molecule has 3 aromatic heterocycles. The Kier molecular flexibility index (Phi) is 12.7. The van der Waals surface area contributed by atoms with Crippen molar-refractivity contribution in [2.45, 2.75) is 66.0 Å². The monoisotopic (exact) mass is 774 g/mol. The summed E-state index contributed by atoms with van der Waals surface area (Å²) in [6, 6.07) is 15.9. The summed E-state index contributed by atoms with van der Waals surface area (Å²) in [5, 5.41) is 11.7. The number of aromatic nitrogens is 6. The van der Waals surface area contributed by atoms with Gasteiger partial charge in [-0.1, -0.05) is 80.3 Å². The van der Waals surface area contributed by atoms with Gasteiger partial charge in [0, 0.05) is 5.94 Å². The summed E-state index contributed by atoms with van der Waals surface area (Å²) < 4.78 is 37.8. The number of allylic oxidation sites excluding steroid dienone is 4. The highest BCUT2D eigenvalue weighted by Crippen LogP contribution is 2.34. The Balaban J connectivity index is 0.000000295. The molecule has 1 amide bonds. The van der Waals surface area contributed by atoms with Crippen LogP contribution in [0.3, 0.4) is 0 Å². The van der Waals surface area contributed by atoms with Crippen LogP contribution in [0.1, 0.15) is 68.2 Å². The van der Waals surface area contributed by atoms with Crippen LogP contribution in [-0.4, -0.2) is 60.3 Å². The van der Waals surface area contributed by atoms with Crippen molar-refractivity contribution >= 4 is 40.4 Å². The van der Waals surface area contributed by atoms with E-state index in [4.69, 9.17) is 31.6 Å². The van der Waals surface area contributed by atoms with E-state index in [1.165, 1.54) is 5.56 Å². The van der Waals surface area contributed by atoms with Gasteiger partial charge >= 0.3 is 29.5 Å². The molecule has 5 N–H and O–H groups in total. The maximum atomic E-state index is 12.7. The number of nitrogens with zero attached hydrogens (tertiary/aromatic N) is 7. The smallest absolute Gasteiger partial charge is 0.415 e. The molecular weight excluding hydrogens is 720 g/mol. The van der Waals surface area contributed by atoms with E-state index in [1.54, 1.807) is 11.5 Å². The standard InChI is InChI=1S/C20H23N5O5.C18H19N5O2.CH4.2H2/c1-2-29-20(26)24-13-15-10-7-9-14(12-15)8-5-3-4-6-11-30-19-22-17(21)16(25(27)28)18(24)23-19;19-15-14-16-22-17(21-15)25-9-4-2-1-3-6-12-7-5-8-13(10-12)11-23(16)18(24)20-14;;;/h3,5,7,9-10,12H,2,4,6,8,11,13H2,1H3,(H2,21,22,23);1,3,5,7-8,10H,2,4,6,9,11H2,(H,20,24)(H2,19,21,22);1H4;2*1H/b5-3+;3-1+;;;/i;;;2*1+1D. The second-order valence-corrected chi connectivity index (χ2v) is 12.7. The highest BCUT2D eigenvalue weighted by Gasteiger charge is 2.32. The highest BCUT2D eigenvalue weighted by atomic mass is 16.6. The van der Waals surface area contributed by atoms with Crippen LogP contribution < -0.4 is 31.5 Å². The molecule has 56 heavy (non-hydrogen) atoms. The predicted molar refractivity (Wildman–Crippen MR) is 217 cm³/mol. The number of nitrogens with one attached hydrogen (secondary N) is 1. The summed E-state index contributed by atoms with van der Waals surface area (Å²) in [5.41, 5.74) is 15.9. The Bertz CT molecular complexity index is 2310. The molecule has 17 nitrogen and oxygen atoms in total. The molecule has 0 aliphatic carbocycles. The molecule has 2 aromatic carbocycles. The SMILES string of the molecule is C.CCOC(=O)N1Cc2cccc(c2)C/C=C/CCCOc2nc(N)c([N+](=O)[O-])c1n2.Nc1nc2nc3c1[nH]c(=O)n3Cc1cccc(c1)C/C=C/CCCO2.[2H][2H].[2H][2H]. The molecule has 0 radical (unpaired) electrons. The van der Waals surface area contributed by atoms with Crippen molar-refractivity contribution < 1.29 is 29.9 Å². The summed E-state index contributed by atoms with van der Waals surface area (Å²) in [6.07, 6.45) is 12.6. The van der Waals surface area contributed by atoms with Crippen LogP contribution in [0.4, 0.5) is 27.9 Å². The Morgan fingerprint density at radius 2 is 1.46 bits per heavy atom. The summed E-state index contributed by atoms with van der Waals surface area (Å²) in [5.74, 6) is -0.430. The summed E-state index contributed by atoms with van der Waals surface area (Å²) in [4.78, 5) is 56.4. The van der Waals surface area contributed by atoms with Crippen LogP contribution in [-0.2, 0) is 30.7 Å². The van der Waals surface area contributed by atoms with Crippen LogP contribution >= 0.6 is 0 Å². The maximum Gasteiger partial charge on any atom is 0.415 e. The van der Waals surface area contributed by atoms with Gasteiger partial charge in [0.2, 0.25) is 11.6 Å². The maximum absolute atomic E-state index is 12.7. The molecule has 0 saturated heterocycles. The zero-order chi connectivity index (χ0) is 42.7. The molecule has 0 atom stereocenters. The summed E-state index contributed by atoms with van der Waals surface area (Å²) in [7, 11) is 0. The number of H-pyrrole nitrogens is 1. The number of nitrogens with two attached hydrogens (primary N) is 2. The largest absolute Gasteiger partial charge is 0.463 e. The predicted octanol–water partition coefficient (Wildman–Crippen LogP) is 6.55. The van der Waals surface area contributed by atoms with Crippen molar-refractivity contribution in [2.75, 3.05) is 36.2 Å². The number of aromatic amines is 1. The molecule has 0 saturated carbocycles. The average Bonchev–Trinajstić information content (AvgIpc) is 3.54. The molecule has 5 heterocycles. The van der Waals surface area contributed by atoms with Crippen molar-refractivity contribution in [3.63, 3.8) is 0 Å². The summed E-state index contributed by atoms with van der Waals surface area (Å²) in [6.45, 7) is 2.96. The number of fused-ring (bicyclic) bond motifs is 7. The molecule has 8 bridgehead atoms. The second-order valence-electron chi connectivity index (χ2n) is 12.7. The minimum atomic E-state index is -0.778. The van der Waals surface area contributed by atoms with Gasteiger partial charge in [-0.25, -0.2) is 9.59 Å². The third kappa shape index (κ3) is 10.0. The Labute approximate surface area is 329 Å². The lowest BCUT2D eigenvalue weighted by atomic mass is 10.1. The third-order valence-corrected chi connectivity index (χ3v) is 8.63. The van der Waals surface area contributed by atoms with Crippen molar-refractivity contribution in [1.29, 1.82) is 0 Å². The van der Waals surface area contributed by atoms with Gasteiger partial charge in [0.15, 0.2) is 11.5 Å². The second kappa shape index (κ2) is 19.0. The quantitative estimate of drug-likeness (QED) is 0.0982. The lowest BCUT2D eigenvalue weighted by Crippen LogP contribution is -2.33. The topological polar surface area (TPSA) is 233 Å². The lowest BCUT2D eigenvalue weighted by Gasteiger charge is -2.21. The van der Waals surface area contributed by atoms with E-state index in [1.807, 2.05) is 36.4 Å². The first-order chi connectivity index (χ1) is 28.7. The molecule has 17 heteroatoms. The number of ether oxygens (including phenoxy) is 3. The van der Waals surface area contributed by atoms with Crippen molar-refractivity contribution in [2.24, 2.45) is 0 Å². The van der Waals surface area contributed by atoms with Gasteiger partial charge in [0.05, 0.1) is 37.8 Å². The van der Waals surface area contributed by atoms with Gasteiger partial charge in [-0.05, 0) is 67.7 Å². The molecule has 0 spiro atoms. The number of hydrogen-bond donors (Lipinski definition) is 3. The zero-order valence-electron chi connectivity index (χ0n) is 34.3. The molecule has 5 aromatic rings. The van der Waals surface area contributed by atoms with E-state index in [0.717, 1.165) is 53.7 Å². The molecule has 2 aliphatic rings. The van der Waals surface area contributed by atoms with Crippen molar-refractivity contribution in [1.82, 2.24) is 29.5 Å². The van der Waals surface area contributed by atoms with Crippen LogP contribution in [0.2, 0.25) is 0 Å². The van der Waals surface area contributed by atoms with Crippen LogP contribution in [0.25, 0.3) is 11.2 Å². The van der Waals surface area contributed by atoms with E-state index >= 15 is 0 Å². The Hall–Kier alpha value is -6.78.